The summed E-state index contributed by atoms with van der Waals surface area (Å²) in [7, 11) is 0. The van der Waals surface area contributed by atoms with E-state index >= 15 is 0 Å². The lowest BCUT2D eigenvalue weighted by Crippen LogP contribution is -2.02. The third-order valence-corrected chi connectivity index (χ3v) is 2.88. The Labute approximate surface area is 77.2 Å². The second-order valence-corrected chi connectivity index (χ2v) is 3.88. The topological polar surface area (TPSA) is 20.2 Å². The molecule has 1 aliphatic carbocycles. The predicted molar refractivity (Wildman–Crippen MR) is 49.0 cm³/mol. The van der Waals surface area contributed by atoms with E-state index in [-0.39, 0.29) is 11.7 Å². The monoisotopic (exact) mass is 180 g/mol. The summed E-state index contributed by atoms with van der Waals surface area (Å²) in [4.78, 5) is 0. The molecule has 0 amide bonds. The van der Waals surface area contributed by atoms with Crippen molar-refractivity contribution in [2.75, 3.05) is 0 Å². The molecule has 1 N–H and O–H groups in total. The highest BCUT2D eigenvalue weighted by atomic mass is 19.1. The van der Waals surface area contributed by atoms with Crippen molar-refractivity contribution in [3.63, 3.8) is 0 Å². The van der Waals surface area contributed by atoms with Gasteiger partial charge in [-0.2, -0.15) is 0 Å². The van der Waals surface area contributed by atoms with Crippen LogP contribution in [0.15, 0.2) is 12.1 Å². The van der Waals surface area contributed by atoms with E-state index < -0.39 is 6.10 Å². The summed E-state index contributed by atoms with van der Waals surface area (Å²) in [6, 6.07) is 3.22. The minimum absolute atomic E-state index is 0.144. The second-order valence-electron chi connectivity index (χ2n) is 3.88. The van der Waals surface area contributed by atoms with E-state index in [0.717, 1.165) is 11.1 Å². The Bertz CT molecular complexity index is 346. The summed E-state index contributed by atoms with van der Waals surface area (Å²) in [6.07, 6.45) is 0.176. The lowest BCUT2D eigenvalue weighted by Gasteiger charge is -2.10. The number of rotatable bonds is 0. The maximum absolute atomic E-state index is 13.3. The fourth-order valence-electron chi connectivity index (χ4n) is 2.09. The van der Waals surface area contributed by atoms with Crippen LogP contribution >= 0.6 is 0 Å². The van der Waals surface area contributed by atoms with Gasteiger partial charge in [0.2, 0.25) is 0 Å². The molecule has 1 aliphatic rings. The van der Waals surface area contributed by atoms with Crippen molar-refractivity contribution in [1.82, 2.24) is 0 Å². The van der Waals surface area contributed by atoms with Crippen LogP contribution in [0.3, 0.4) is 0 Å². The molecule has 1 nitrogen and oxygen atoms in total. The minimum atomic E-state index is -0.481. The van der Waals surface area contributed by atoms with Gasteiger partial charge in [-0.05, 0) is 42.0 Å². The average Bonchev–Trinajstić information content (AvgIpc) is 2.38. The van der Waals surface area contributed by atoms with Gasteiger partial charge in [-0.15, -0.1) is 0 Å². The van der Waals surface area contributed by atoms with Gasteiger partial charge in [0.15, 0.2) is 0 Å². The largest absolute Gasteiger partial charge is 0.388 e. The molecule has 1 aromatic rings. The lowest BCUT2D eigenvalue weighted by atomic mass is 10.0. The fraction of sp³-hybridized carbons (Fsp3) is 0.455. The third-order valence-electron chi connectivity index (χ3n) is 2.88. The Morgan fingerprint density at radius 2 is 2.15 bits per heavy atom. The fourth-order valence-corrected chi connectivity index (χ4v) is 2.09. The molecule has 0 aliphatic heterocycles. The quantitative estimate of drug-likeness (QED) is 0.649. The zero-order valence-electron chi connectivity index (χ0n) is 7.84. The van der Waals surface area contributed by atoms with Crippen LogP contribution in [0, 0.1) is 18.7 Å². The van der Waals surface area contributed by atoms with E-state index in [4.69, 9.17) is 0 Å². The number of aliphatic hydroxyl groups is 1. The van der Waals surface area contributed by atoms with E-state index in [1.54, 1.807) is 6.07 Å². The molecule has 0 saturated carbocycles. The third kappa shape index (κ3) is 1.17. The average molecular weight is 180 g/mol. The molecule has 0 spiro atoms. The van der Waals surface area contributed by atoms with Crippen LogP contribution in [-0.4, -0.2) is 5.11 Å². The van der Waals surface area contributed by atoms with Crippen LogP contribution in [0.1, 0.15) is 29.7 Å². The Morgan fingerprint density at radius 3 is 2.77 bits per heavy atom. The maximum Gasteiger partial charge on any atom is 0.126 e. The first-order valence-corrected chi connectivity index (χ1v) is 4.57. The molecule has 2 heteroatoms. The van der Waals surface area contributed by atoms with Gasteiger partial charge in [-0.25, -0.2) is 4.39 Å². The molecule has 2 rings (SSSR count). The molecule has 2 unspecified atom stereocenters. The zero-order chi connectivity index (χ0) is 9.59. The first-order valence-electron chi connectivity index (χ1n) is 4.57. The molecule has 2 atom stereocenters. The Kier molecular flexibility index (Phi) is 1.88. The molecule has 70 valence electrons. The van der Waals surface area contributed by atoms with Crippen molar-refractivity contribution < 1.29 is 9.50 Å². The molecule has 0 aromatic heterocycles. The van der Waals surface area contributed by atoms with Gasteiger partial charge >= 0.3 is 0 Å². The summed E-state index contributed by atoms with van der Waals surface area (Å²) in [5.41, 5.74) is 2.51. The number of aryl methyl sites for hydroxylation is 1. The normalized spacial score (nSPS) is 26.2. The molecule has 13 heavy (non-hydrogen) atoms. The molecule has 0 radical (unpaired) electrons. The van der Waals surface area contributed by atoms with Crippen molar-refractivity contribution in [2.24, 2.45) is 5.92 Å². The highest BCUT2D eigenvalue weighted by Crippen LogP contribution is 2.38. The van der Waals surface area contributed by atoms with Crippen molar-refractivity contribution in [3.05, 3.63) is 34.6 Å². The highest BCUT2D eigenvalue weighted by Gasteiger charge is 2.30. The van der Waals surface area contributed by atoms with Crippen molar-refractivity contribution in [3.8, 4) is 0 Å². The summed E-state index contributed by atoms with van der Waals surface area (Å²) in [6.45, 7) is 3.86. The summed E-state index contributed by atoms with van der Waals surface area (Å²) in [5.74, 6) is -0.0328. The smallest absolute Gasteiger partial charge is 0.126 e. The standard InChI is InChI=1S/C11H13FO/c1-6-3-4-9(12)8-5-7(2)11(13)10(6)8/h3-4,7,11,13H,5H2,1-2H3. The van der Waals surface area contributed by atoms with Crippen LogP contribution in [0.5, 0.6) is 0 Å². The van der Waals surface area contributed by atoms with Gasteiger partial charge in [0.25, 0.3) is 0 Å². The van der Waals surface area contributed by atoms with E-state index in [1.807, 2.05) is 13.8 Å². The molecular formula is C11H13FO. The van der Waals surface area contributed by atoms with Crippen molar-refractivity contribution in [2.45, 2.75) is 26.4 Å². The lowest BCUT2D eigenvalue weighted by molar-refractivity contribution is 0.132. The molecular weight excluding hydrogens is 167 g/mol. The van der Waals surface area contributed by atoms with E-state index in [9.17, 15) is 9.50 Å². The maximum atomic E-state index is 13.3. The molecule has 1 aromatic carbocycles. The number of aliphatic hydroxyl groups excluding tert-OH is 1. The Balaban J connectivity index is 2.61. The van der Waals surface area contributed by atoms with Gasteiger partial charge in [-0.3, -0.25) is 0 Å². The number of benzene rings is 1. The van der Waals surface area contributed by atoms with Gasteiger partial charge in [0, 0.05) is 0 Å². The summed E-state index contributed by atoms with van der Waals surface area (Å²) >= 11 is 0. The first-order chi connectivity index (χ1) is 6.11. The van der Waals surface area contributed by atoms with Crippen LogP contribution in [0.4, 0.5) is 4.39 Å². The van der Waals surface area contributed by atoms with Crippen LogP contribution in [-0.2, 0) is 6.42 Å². The number of halogens is 1. The predicted octanol–water partition coefficient (Wildman–Crippen LogP) is 2.36. The number of fused-ring (bicyclic) bond motifs is 1. The van der Waals surface area contributed by atoms with Crippen LogP contribution < -0.4 is 0 Å². The van der Waals surface area contributed by atoms with Crippen molar-refractivity contribution >= 4 is 0 Å². The van der Waals surface area contributed by atoms with Gasteiger partial charge in [0.1, 0.15) is 5.82 Å². The summed E-state index contributed by atoms with van der Waals surface area (Å²) in [5, 5.41) is 9.79. The SMILES string of the molecule is Cc1ccc(F)c2c1C(O)C(C)C2. The summed E-state index contributed by atoms with van der Waals surface area (Å²) < 4.78 is 13.3. The molecule has 0 saturated heterocycles. The Morgan fingerprint density at radius 1 is 1.46 bits per heavy atom. The number of hydrogen-bond acceptors (Lipinski definition) is 1. The molecule has 0 heterocycles. The van der Waals surface area contributed by atoms with Crippen LogP contribution in [0.2, 0.25) is 0 Å². The van der Waals surface area contributed by atoms with E-state index in [1.165, 1.54) is 6.07 Å². The van der Waals surface area contributed by atoms with E-state index in [0.29, 0.717) is 12.0 Å². The second kappa shape index (κ2) is 2.81. The zero-order valence-corrected chi connectivity index (χ0v) is 7.84. The molecule has 0 fully saturated rings. The number of hydrogen-bond donors (Lipinski definition) is 1. The van der Waals surface area contributed by atoms with E-state index in [2.05, 4.69) is 0 Å². The minimum Gasteiger partial charge on any atom is -0.388 e. The van der Waals surface area contributed by atoms with Gasteiger partial charge < -0.3 is 5.11 Å². The highest BCUT2D eigenvalue weighted by molar-refractivity contribution is 5.41. The Hall–Kier alpha value is -0.890. The van der Waals surface area contributed by atoms with Gasteiger partial charge in [-0.1, -0.05) is 13.0 Å². The first kappa shape index (κ1) is 8.70. The van der Waals surface area contributed by atoms with Gasteiger partial charge in [0.05, 0.1) is 6.10 Å². The van der Waals surface area contributed by atoms with Crippen LogP contribution in [0.25, 0.3) is 0 Å². The molecule has 0 bridgehead atoms. The van der Waals surface area contributed by atoms with Crippen molar-refractivity contribution in [1.29, 1.82) is 0 Å².